The summed E-state index contributed by atoms with van der Waals surface area (Å²) in [6.07, 6.45) is 0. The first-order valence-electron chi connectivity index (χ1n) is 5.04. The maximum Gasteiger partial charge on any atom is 0.161 e. The van der Waals surface area contributed by atoms with Crippen molar-refractivity contribution in [1.82, 2.24) is 4.98 Å². The molecule has 4 heteroatoms. The quantitative estimate of drug-likeness (QED) is 0.804. The molecule has 1 aromatic heterocycles. The van der Waals surface area contributed by atoms with Gasteiger partial charge < -0.3 is 5.73 Å². The normalized spacial score (nSPS) is 11.3. The van der Waals surface area contributed by atoms with Crippen LogP contribution < -0.4 is 5.73 Å². The van der Waals surface area contributed by atoms with E-state index < -0.39 is 11.6 Å². The average Bonchev–Trinajstić information content (AvgIpc) is 2.19. The van der Waals surface area contributed by atoms with Crippen LogP contribution in [-0.4, -0.2) is 4.98 Å². The highest BCUT2D eigenvalue weighted by atomic mass is 19.2. The van der Waals surface area contributed by atoms with Gasteiger partial charge in [-0.2, -0.15) is 0 Å². The van der Waals surface area contributed by atoms with Gasteiger partial charge in [0.2, 0.25) is 0 Å². The number of hydrogen-bond donors (Lipinski definition) is 1. The topological polar surface area (TPSA) is 38.9 Å². The second-order valence-electron chi connectivity index (χ2n) is 4.08. The van der Waals surface area contributed by atoms with E-state index in [9.17, 15) is 8.78 Å². The van der Waals surface area contributed by atoms with E-state index >= 15 is 0 Å². The van der Waals surface area contributed by atoms with Gasteiger partial charge in [0.1, 0.15) is 5.82 Å². The smallest absolute Gasteiger partial charge is 0.161 e. The van der Waals surface area contributed by atoms with Crippen molar-refractivity contribution in [2.75, 3.05) is 5.73 Å². The summed E-state index contributed by atoms with van der Waals surface area (Å²) < 4.78 is 26.0. The van der Waals surface area contributed by atoms with Crippen molar-refractivity contribution in [1.29, 1.82) is 0 Å². The average molecular weight is 222 g/mol. The number of benzene rings is 1. The highest BCUT2D eigenvalue weighted by Gasteiger charge is 2.10. The van der Waals surface area contributed by atoms with Gasteiger partial charge in [-0.1, -0.05) is 13.8 Å². The Balaban J connectivity index is 2.74. The van der Waals surface area contributed by atoms with Gasteiger partial charge >= 0.3 is 0 Å². The van der Waals surface area contributed by atoms with Crippen molar-refractivity contribution in [3.8, 4) is 0 Å². The molecule has 0 saturated heterocycles. The second-order valence-corrected chi connectivity index (χ2v) is 4.08. The Morgan fingerprint density at radius 2 is 1.75 bits per heavy atom. The van der Waals surface area contributed by atoms with Crippen LogP contribution in [0.1, 0.15) is 25.3 Å². The first-order chi connectivity index (χ1) is 7.49. The van der Waals surface area contributed by atoms with E-state index in [4.69, 9.17) is 5.73 Å². The maximum absolute atomic E-state index is 13.0. The summed E-state index contributed by atoms with van der Waals surface area (Å²) in [6, 6.07) is 3.96. The fourth-order valence-corrected chi connectivity index (χ4v) is 1.66. The van der Waals surface area contributed by atoms with E-state index in [2.05, 4.69) is 4.98 Å². The fraction of sp³-hybridized carbons (Fsp3) is 0.250. The number of pyridine rings is 1. The van der Waals surface area contributed by atoms with Gasteiger partial charge in [-0.25, -0.2) is 13.8 Å². The molecular formula is C12H12F2N2. The van der Waals surface area contributed by atoms with Crippen molar-refractivity contribution in [2.45, 2.75) is 19.8 Å². The predicted molar refractivity (Wildman–Crippen MR) is 60.2 cm³/mol. The summed E-state index contributed by atoms with van der Waals surface area (Å²) in [5.41, 5.74) is 6.97. The first-order valence-corrected chi connectivity index (χ1v) is 5.04. The lowest BCUT2D eigenvalue weighted by molar-refractivity contribution is 0.510. The molecule has 84 valence electrons. The summed E-state index contributed by atoms with van der Waals surface area (Å²) in [5.74, 6) is -1.20. The monoisotopic (exact) mass is 222 g/mol. The van der Waals surface area contributed by atoms with E-state index in [1.165, 1.54) is 0 Å². The molecule has 0 amide bonds. The van der Waals surface area contributed by atoms with E-state index in [1.54, 1.807) is 6.07 Å². The Kier molecular flexibility index (Phi) is 2.50. The molecule has 0 spiro atoms. The highest BCUT2D eigenvalue weighted by molar-refractivity contribution is 5.81. The van der Waals surface area contributed by atoms with Crippen LogP contribution in [0, 0.1) is 11.6 Å². The minimum atomic E-state index is -0.906. The third-order valence-corrected chi connectivity index (χ3v) is 2.54. The second kappa shape index (κ2) is 3.70. The van der Waals surface area contributed by atoms with Gasteiger partial charge in [-0.05, 0) is 23.6 Å². The van der Waals surface area contributed by atoms with Crippen LogP contribution in [0.5, 0.6) is 0 Å². The molecule has 2 N–H and O–H groups in total. The first kappa shape index (κ1) is 10.8. The Labute approximate surface area is 92.1 Å². The van der Waals surface area contributed by atoms with Crippen molar-refractivity contribution in [3.05, 3.63) is 35.4 Å². The molecule has 1 aromatic carbocycles. The van der Waals surface area contributed by atoms with Crippen LogP contribution in [0.2, 0.25) is 0 Å². The molecule has 0 aliphatic rings. The number of hydrogen-bond acceptors (Lipinski definition) is 2. The molecule has 0 aliphatic carbocycles. The molecule has 0 radical (unpaired) electrons. The van der Waals surface area contributed by atoms with E-state index in [0.717, 1.165) is 17.7 Å². The lowest BCUT2D eigenvalue weighted by Crippen LogP contribution is -2.00. The minimum absolute atomic E-state index is 0.199. The Hall–Kier alpha value is -1.71. The zero-order valence-electron chi connectivity index (χ0n) is 9.09. The molecular weight excluding hydrogens is 210 g/mol. The van der Waals surface area contributed by atoms with Gasteiger partial charge in [0.15, 0.2) is 11.6 Å². The van der Waals surface area contributed by atoms with E-state index in [-0.39, 0.29) is 5.92 Å². The fourth-order valence-electron chi connectivity index (χ4n) is 1.66. The summed E-state index contributed by atoms with van der Waals surface area (Å²) in [7, 11) is 0. The largest absolute Gasteiger partial charge is 0.383 e. The number of aromatic nitrogens is 1. The summed E-state index contributed by atoms with van der Waals surface area (Å²) in [6.45, 7) is 3.94. The Morgan fingerprint density at radius 3 is 2.38 bits per heavy atom. The van der Waals surface area contributed by atoms with Gasteiger partial charge in [0.05, 0.1) is 5.52 Å². The van der Waals surface area contributed by atoms with Crippen LogP contribution in [-0.2, 0) is 0 Å². The molecule has 0 unspecified atom stereocenters. The maximum atomic E-state index is 13.0. The molecule has 0 bridgehead atoms. The van der Waals surface area contributed by atoms with Crippen LogP contribution >= 0.6 is 0 Å². The molecule has 2 nitrogen and oxygen atoms in total. The van der Waals surface area contributed by atoms with Crippen LogP contribution in [0.4, 0.5) is 14.6 Å². The summed E-state index contributed by atoms with van der Waals surface area (Å²) in [5, 5.41) is 0.566. The molecule has 2 rings (SSSR count). The number of nitrogen functional groups attached to an aromatic ring is 1. The van der Waals surface area contributed by atoms with Gasteiger partial charge in [-0.15, -0.1) is 0 Å². The zero-order valence-corrected chi connectivity index (χ0v) is 9.09. The van der Waals surface area contributed by atoms with Crippen LogP contribution in [0.25, 0.3) is 10.9 Å². The van der Waals surface area contributed by atoms with Gasteiger partial charge in [0, 0.05) is 11.5 Å². The summed E-state index contributed by atoms with van der Waals surface area (Å²) >= 11 is 0. The van der Waals surface area contributed by atoms with E-state index in [1.807, 2.05) is 13.8 Å². The number of nitrogens with two attached hydrogens (primary N) is 1. The molecule has 0 saturated carbocycles. The van der Waals surface area contributed by atoms with Crippen LogP contribution in [0.15, 0.2) is 18.2 Å². The SMILES string of the molecule is CC(C)c1cc2cc(F)c(F)cc2nc1N. The number of nitrogens with zero attached hydrogens (tertiary/aromatic N) is 1. The lowest BCUT2D eigenvalue weighted by atomic mass is 10.0. The molecule has 0 atom stereocenters. The van der Waals surface area contributed by atoms with Crippen molar-refractivity contribution < 1.29 is 8.78 Å². The van der Waals surface area contributed by atoms with Crippen LogP contribution in [0.3, 0.4) is 0 Å². The number of fused-ring (bicyclic) bond motifs is 1. The van der Waals surface area contributed by atoms with Gasteiger partial charge in [0.25, 0.3) is 0 Å². The molecule has 0 fully saturated rings. The van der Waals surface area contributed by atoms with Crippen molar-refractivity contribution >= 4 is 16.7 Å². The van der Waals surface area contributed by atoms with Crippen molar-refractivity contribution in [2.24, 2.45) is 0 Å². The molecule has 16 heavy (non-hydrogen) atoms. The zero-order chi connectivity index (χ0) is 11.9. The molecule has 1 heterocycles. The van der Waals surface area contributed by atoms with E-state index in [0.29, 0.717) is 16.7 Å². The molecule has 0 aliphatic heterocycles. The predicted octanol–water partition coefficient (Wildman–Crippen LogP) is 3.22. The Bertz CT molecular complexity index is 550. The number of halogens is 2. The number of rotatable bonds is 1. The summed E-state index contributed by atoms with van der Waals surface area (Å²) in [4.78, 5) is 4.07. The lowest BCUT2D eigenvalue weighted by Gasteiger charge is -2.10. The minimum Gasteiger partial charge on any atom is -0.383 e. The molecule has 2 aromatic rings. The third kappa shape index (κ3) is 1.71. The third-order valence-electron chi connectivity index (χ3n) is 2.54. The van der Waals surface area contributed by atoms with Gasteiger partial charge in [-0.3, -0.25) is 0 Å². The number of anilines is 1. The highest BCUT2D eigenvalue weighted by Crippen LogP contribution is 2.26. The standard InChI is InChI=1S/C12H12F2N2/c1-6(2)8-3-7-4-9(13)10(14)5-11(7)16-12(8)15/h3-6H,1-2H3,(H2,15,16). The van der Waals surface area contributed by atoms with Crippen molar-refractivity contribution in [3.63, 3.8) is 0 Å². The Morgan fingerprint density at radius 1 is 1.12 bits per heavy atom.